The fraction of sp³-hybridized carbons (Fsp3) is 0.917. The van der Waals surface area contributed by atoms with Gasteiger partial charge in [0.2, 0.25) is 6.29 Å². The number of Topliss-reactive ketones (excluding diaryl/α,β-unsaturated/α-hetero) is 1. The van der Waals surface area contributed by atoms with Crippen molar-refractivity contribution in [2.24, 2.45) is 5.92 Å². The summed E-state index contributed by atoms with van der Waals surface area (Å²) >= 11 is 0. The maximum atomic E-state index is 12.1. The largest absolute Gasteiger partial charge is 0.299 e. The lowest BCUT2D eigenvalue weighted by atomic mass is 9.94. The van der Waals surface area contributed by atoms with Crippen molar-refractivity contribution >= 4 is 12.1 Å². The Kier molecular flexibility index (Phi) is 20.1. The first-order chi connectivity index (χ1) is 12.8. The summed E-state index contributed by atoms with van der Waals surface area (Å²) in [6.45, 7) is 4.46. The van der Waals surface area contributed by atoms with Crippen LogP contribution in [0.1, 0.15) is 136 Å². The van der Waals surface area contributed by atoms with Gasteiger partial charge in [-0.2, -0.15) is 0 Å². The summed E-state index contributed by atoms with van der Waals surface area (Å²) in [7, 11) is 0. The summed E-state index contributed by atoms with van der Waals surface area (Å²) in [5.74, 6) is -0.330. The minimum Gasteiger partial charge on any atom is -0.299 e. The third-order valence-corrected chi connectivity index (χ3v) is 5.40. The second-order valence-corrected chi connectivity index (χ2v) is 7.98. The molecule has 0 heterocycles. The molecule has 0 aliphatic rings. The highest BCUT2D eigenvalue weighted by Crippen LogP contribution is 2.16. The first-order valence-corrected chi connectivity index (χ1v) is 11.7. The molecule has 0 amide bonds. The molecule has 0 aromatic heterocycles. The molecule has 0 saturated carbocycles. The Hall–Kier alpha value is -0.660. The van der Waals surface area contributed by atoms with Crippen LogP contribution in [-0.4, -0.2) is 12.1 Å². The molecule has 1 unspecified atom stereocenters. The average molecular weight is 366 g/mol. The first kappa shape index (κ1) is 25.3. The molecule has 0 aromatic carbocycles. The van der Waals surface area contributed by atoms with Crippen molar-refractivity contribution in [1.29, 1.82) is 0 Å². The Labute approximate surface area is 163 Å². The Morgan fingerprint density at radius 3 is 1.42 bits per heavy atom. The van der Waals surface area contributed by atoms with Crippen molar-refractivity contribution in [3.05, 3.63) is 0 Å². The monoisotopic (exact) mass is 365 g/mol. The number of hydrogen-bond acceptors (Lipinski definition) is 2. The molecule has 0 rings (SSSR count). The predicted molar refractivity (Wildman–Crippen MR) is 113 cm³/mol. The van der Waals surface area contributed by atoms with Gasteiger partial charge in [-0.25, -0.2) is 0 Å². The number of rotatable bonds is 21. The van der Waals surface area contributed by atoms with Crippen LogP contribution in [-0.2, 0) is 9.59 Å². The minimum atomic E-state index is -0.454. The Bertz CT molecular complexity index is 311. The van der Waals surface area contributed by atoms with Gasteiger partial charge in [0.05, 0.1) is 5.92 Å². The van der Waals surface area contributed by atoms with Crippen molar-refractivity contribution in [2.45, 2.75) is 136 Å². The maximum absolute atomic E-state index is 12.1. The molecule has 0 spiro atoms. The zero-order valence-electron chi connectivity index (χ0n) is 17.8. The lowest BCUT2D eigenvalue weighted by Crippen LogP contribution is -2.15. The lowest BCUT2D eigenvalue weighted by Gasteiger charge is -2.08. The quantitative estimate of drug-likeness (QED) is 0.154. The second-order valence-electron chi connectivity index (χ2n) is 7.98. The van der Waals surface area contributed by atoms with E-state index in [-0.39, 0.29) is 5.78 Å². The summed E-state index contributed by atoms with van der Waals surface area (Å²) in [5.41, 5.74) is 0. The average Bonchev–Trinajstić information content (AvgIpc) is 2.65. The smallest absolute Gasteiger partial charge is 0.209 e. The SMILES string of the molecule is CCCCCCCCCCCCCCC([C]=O)C(=O)CCCCCCC. The van der Waals surface area contributed by atoms with Crippen LogP contribution in [0.5, 0.6) is 0 Å². The van der Waals surface area contributed by atoms with Crippen molar-refractivity contribution in [3.63, 3.8) is 0 Å². The van der Waals surface area contributed by atoms with E-state index in [4.69, 9.17) is 0 Å². The van der Waals surface area contributed by atoms with E-state index in [2.05, 4.69) is 13.8 Å². The second kappa shape index (κ2) is 20.6. The minimum absolute atomic E-state index is 0.125. The first-order valence-electron chi connectivity index (χ1n) is 11.7. The highest BCUT2D eigenvalue weighted by atomic mass is 16.1. The van der Waals surface area contributed by atoms with Crippen LogP contribution < -0.4 is 0 Å². The number of unbranched alkanes of at least 4 members (excludes halogenated alkanes) is 15. The fourth-order valence-corrected chi connectivity index (χ4v) is 3.55. The van der Waals surface area contributed by atoms with Crippen LogP contribution in [0.25, 0.3) is 0 Å². The summed E-state index contributed by atoms with van der Waals surface area (Å²) in [6, 6.07) is 0. The molecule has 0 N–H and O–H groups in total. The molecular formula is C24H45O2. The van der Waals surface area contributed by atoms with E-state index < -0.39 is 5.92 Å². The van der Waals surface area contributed by atoms with Gasteiger partial charge in [0, 0.05) is 6.42 Å². The van der Waals surface area contributed by atoms with E-state index in [0.29, 0.717) is 12.8 Å². The van der Waals surface area contributed by atoms with E-state index in [9.17, 15) is 9.59 Å². The summed E-state index contributed by atoms with van der Waals surface area (Å²) < 4.78 is 0. The highest BCUT2D eigenvalue weighted by Gasteiger charge is 2.17. The van der Waals surface area contributed by atoms with Gasteiger partial charge in [-0.05, 0) is 12.8 Å². The molecule has 0 aliphatic carbocycles. The van der Waals surface area contributed by atoms with Crippen molar-refractivity contribution in [1.82, 2.24) is 0 Å². The molecule has 0 saturated heterocycles. The number of carbonyl (C=O) groups excluding carboxylic acids is 2. The molecular weight excluding hydrogens is 320 g/mol. The van der Waals surface area contributed by atoms with Gasteiger partial charge in [-0.15, -0.1) is 0 Å². The molecule has 1 radical (unpaired) electrons. The zero-order chi connectivity index (χ0) is 19.3. The van der Waals surface area contributed by atoms with Gasteiger partial charge in [-0.1, -0.05) is 117 Å². The molecule has 0 aromatic rings. The third kappa shape index (κ3) is 16.8. The summed E-state index contributed by atoms with van der Waals surface area (Å²) in [6.07, 6.45) is 24.7. The van der Waals surface area contributed by atoms with Crippen LogP contribution in [0, 0.1) is 5.92 Å². The van der Waals surface area contributed by atoms with E-state index in [0.717, 1.165) is 25.7 Å². The predicted octanol–water partition coefficient (Wildman–Crippen LogP) is 7.73. The molecule has 0 bridgehead atoms. The Balaban J connectivity index is 3.45. The van der Waals surface area contributed by atoms with Crippen LogP contribution in [0.3, 0.4) is 0 Å². The summed E-state index contributed by atoms with van der Waals surface area (Å²) in [5, 5.41) is 0. The number of hydrogen-bond donors (Lipinski definition) is 0. The van der Waals surface area contributed by atoms with Gasteiger partial charge in [-0.3, -0.25) is 9.59 Å². The molecule has 0 aliphatic heterocycles. The Morgan fingerprint density at radius 2 is 1.00 bits per heavy atom. The van der Waals surface area contributed by atoms with Gasteiger partial charge >= 0.3 is 0 Å². The van der Waals surface area contributed by atoms with Crippen LogP contribution in [0.2, 0.25) is 0 Å². The maximum Gasteiger partial charge on any atom is 0.209 e. The van der Waals surface area contributed by atoms with E-state index >= 15 is 0 Å². The highest BCUT2D eigenvalue weighted by molar-refractivity contribution is 5.93. The summed E-state index contributed by atoms with van der Waals surface area (Å²) in [4.78, 5) is 23.1. The number of ketones is 1. The fourth-order valence-electron chi connectivity index (χ4n) is 3.55. The molecule has 153 valence electrons. The molecule has 2 nitrogen and oxygen atoms in total. The molecule has 0 fully saturated rings. The third-order valence-electron chi connectivity index (χ3n) is 5.40. The van der Waals surface area contributed by atoms with Gasteiger partial charge in [0.25, 0.3) is 0 Å². The standard InChI is InChI=1S/C24H45O2/c1-3-5-7-9-10-11-12-13-14-15-17-18-20-23(22-25)24(26)21-19-16-8-6-4-2/h23H,3-21H2,1-2H3. The van der Waals surface area contributed by atoms with E-state index in [1.807, 2.05) is 6.29 Å². The molecule has 26 heavy (non-hydrogen) atoms. The topological polar surface area (TPSA) is 34.1 Å². The van der Waals surface area contributed by atoms with Crippen LogP contribution in [0.15, 0.2) is 0 Å². The Morgan fingerprint density at radius 1 is 0.615 bits per heavy atom. The van der Waals surface area contributed by atoms with E-state index in [1.54, 1.807) is 0 Å². The normalized spacial score (nSPS) is 12.2. The molecule has 1 atom stereocenters. The molecule has 2 heteroatoms. The zero-order valence-corrected chi connectivity index (χ0v) is 17.8. The van der Waals surface area contributed by atoms with Crippen molar-refractivity contribution in [3.8, 4) is 0 Å². The van der Waals surface area contributed by atoms with Gasteiger partial charge < -0.3 is 0 Å². The van der Waals surface area contributed by atoms with E-state index in [1.165, 1.54) is 83.5 Å². The van der Waals surface area contributed by atoms with Crippen molar-refractivity contribution < 1.29 is 9.59 Å². The van der Waals surface area contributed by atoms with Gasteiger partial charge in [0.1, 0.15) is 5.78 Å². The van der Waals surface area contributed by atoms with Crippen molar-refractivity contribution in [2.75, 3.05) is 0 Å². The van der Waals surface area contributed by atoms with Gasteiger partial charge in [0.15, 0.2) is 0 Å². The van der Waals surface area contributed by atoms with Crippen LogP contribution >= 0.6 is 0 Å². The number of carbonyl (C=O) groups is 1. The van der Waals surface area contributed by atoms with Crippen LogP contribution in [0.4, 0.5) is 0 Å². The lowest BCUT2D eigenvalue weighted by molar-refractivity contribution is -0.121.